The Balaban J connectivity index is 2.35. The number of carbonyl (C=O) groups is 1. The minimum Gasteiger partial charge on any atom is -0.367 e. The molecule has 1 unspecified atom stereocenters. The molecule has 6 heteroatoms. The SMILES string of the molecule is CCC1CN(C)CCCN1c1ccc([N+](=O)[O-])c(C=O)c1. The third-order valence-electron chi connectivity index (χ3n) is 4.04. The molecule has 21 heavy (non-hydrogen) atoms. The zero-order chi connectivity index (χ0) is 15.4. The van der Waals surface area contributed by atoms with Crippen LogP contribution in [0.25, 0.3) is 0 Å². The van der Waals surface area contributed by atoms with E-state index in [1.54, 1.807) is 12.1 Å². The lowest BCUT2D eigenvalue weighted by Crippen LogP contribution is -2.39. The molecular weight excluding hydrogens is 270 g/mol. The zero-order valence-electron chi connectivity index (χ0n) is 12.5. The molecule has 6 nitrogen and oxygen atoms in total. The minimum absolute atomic E-state index is 0.131. The first kappa shape index (κ1) is 15.4. The van der Waals surface area contributed by atoms with Crippen LogP contribution in [-0.4, -0.2) is 48.8 Å². The van der Waals surface area contributed by atoms with Crippen molar-refractivity contribution in [3.8, 4) is 0 Å². The summed E-state index contributed by atoms with van der Waals surface area (Å²) in [4.78, 5) is 26.1. The summed E-state index contributed by atoms with van der Waals surface area (Å²) in [6.07, 6.45) is 2.60. The topological polar surface area (TPSA) is 66.7 Å². The van der Waals surface area contributed by atoms with Crippen molar-refractivity contribution in [3.05, 3.63) is 33.9 Å². The number of aldehydes is 1. The van der Waals surface area contributed by atoms with Crippen LogP contribution < -0.4 is 4.90 Å². The number of nitro groups is 1. The summed E-state index contributed by atoms with van der Waals surface area (Å²) in [5.74, 6) is 0. The predicted molar refractivity (Wildman–Crippen MR) is 82.0 cm³/mol. The third kappa shape index (κ3) is 3.39. The molecule has 0 N–H and O–H groups in total. The quantitative estimate of drug-likeness (QED) is 0.484. The number of rotatable bonds is 4. The van der Waals surface area contributed by atoms with Crippen molar-refractivity contribution in [1.29, 1.82) is 0 Å². The van der Waals surface area contributed by atoms with Gasteiger partial charge in [0.05, 0.1) is 10.5 Å². The lowest BCUT2D eigenvalue weighted by atomic mass is 10.1. The Kier molecular flexibility index (Phi) is 4.90. The number of anilines is 1. The Morgan fingerprint density at radius 3 is 2.81 bits per heavy atom. The molecule has 0 aliphatic carbocycles. The van der Waals surface area contributed by atoms with E-state index in [0.29, 0.717) is 12.3 Å². The fourth-order valence-corrected chi connectivity index (χ4v) is 2.91. The van der Waals surface area contributed by atoms with Crippen LogP contribution in [0.3, 0.4) is 0 Å². The van der Waals surface area contributed by atoms with Gasteiger partial charge in [-0.15, -0.1) is 0 Å². The predicted octanol–water partition coefficient (Wildman–Crippen LogP) is 2.33. The van der Waals surface area contributed by atoms with Gasteiger partial charge in [0.2, 0.25) is 0 Å². The molecule has 0 saturated carbocycles. The average molecular weight is 291 g/mol. The maximum atomic E-state index is 11.1. The van der Waals surface area contributed by atoms with Crippen LogP contribution in [0.4, 0.5) is 11.4 Å². The van der Waals surface area contributed by atoms with Gasteiger partial charge in [-0.2, -0.15) is 0 Å². The molecule has 0 spiro atoms. The van der Waals surface area contributed by atoms with E-state index < -0.39 is 4.92 Å². The second kappa shape index (κ2) is 6.67. The van der Waals surface area contributed by atoms with Crippen molar-refractivity contribution >= 4 is 17.7 Å². The van der Waals surface area contributed by atoms with Gasteiger partial charge < -0.3 is 9.80 Å². The van der Waals surface area contributed by atoms with Gasteiger partial charge in [0, 0.05) is 30.9 Å². The van der Waals surface area contributed by atoms with Crippen LogP contribution in [-0.2, 0) is 0 Å². The van der Waals surface area contributed by atoms with Crippen molar-refractivity contribution in [3.63, 3.8) is 0 Å². The maximum Gasteiger partial charge on any atom is 0.280 e. The van der Waals surface area contributed by atoms with E-state index >= 15 is 0 Å². The van der Waals surface area contributed by atoms with Crippen LogP contribution >= 0.6 is 0 Å². The smallest absolute Gasteiger partial charge is 0.280 e. The van der Waals surface area contributed by atoms with E-state index in [2.05, 4.69) is 23.8 Å². The summed E-state index contributed by atoms with van der Waals surface area (Å²) in [6.45, 7) is 5.05. The molecule has 0 amide bonds. The van der Waals surface area contributed by atoms with Crippen molar-refractivity contribution < 1.29 is 9.72 Å². The van der Waals surface area contributed by atoms with E-state index in [0.717, 1.165) is 38.2 Å². The highest BCUT2D eigenvalue weighted by atomic mass is 16.6. The molecule has 1 aromatic rings. The summed E-state index contributed by atoms with van der Waals surface area (Å²) in [6, 6.07) is 5.18. The van der Waals surface area contributed by atoms with Crippen molar-refractivity contribution in [2.45, 2.75) is 25.8 Å². The summed E-state index contributed by atoms with van der Waals surface area (Å²) in [5, 5.41) is 10.9. The van der Waals surface area contributed by atoms with E-state index in [9.17, 15) is 14.9 Å². The Bertz CT molecular complexity index is 533. The summed E-state index contributed by atoms with van der Waals surface area (Å²) < 4.78 is 0. The Morgan fingerprint density at radius 2 is 2.19 bits per heavy atom. The number of hydrogen-bond acceptors (Lipinski definition) is 5. The second-order valence-electron chi connectivity index (χ2n) is 5.49. The van der Waals surface area contributed by atoms with Gasteiger partial charge in [-0.25, -0.2) is 0 Å². The summed E-state index contributed by atoms with van der Waals surface area (Å²) in [7, 11) is 2.11. The third-order valence-corrected chi connectivity index (χ3v) is 4.04. The first-order valence-electron chi connectivity index (χ1n) is 7.25. The Labute approximate surface area is 124 Å². The number of nitro benzene ring substituents is 1. The molecular formula is C15H21N3O3. The first-order chi connectivity index (χ1) is 10.1. The van der Waals surface area contributed by atoms with Crippen molar-refractivity contribution in [1.82, 2.24) is 4.90 Å². The summed E-state index contributed by atoms with van der Waals surface area (Å²) in [5.41, 5.74) is 0.906. The molecule has 1 aliphatic rings. The lowest BCUT2D eigenvalue weighted by Gasteiger charge is -2.32. The van der Waals surface area contributed by atoms with Gasteiger partial charge in [0.15, 0.2) is 6.29 Å². The number of benzene rings is 1. The molecule has 1 aliphatic heterocycles. The molecule has 1 heterocycles. The molecule has 1 aromatic carbocycles. The van der Waals surface area contributed by atoms with E-state index in [1.165, 1.54) is 6.07 Å². The lowest BCUT2D eigenvalue weighted by molar-refractivity contribution is -0.385. The first-order valence-corrected chi connectivity index (χ1v) is 7.25. The number of hydrogen-bond donors (Lipinski definition) is 0. The number of nitrogens with zero attached hydrogens (tertiary/aromatic N) is 3. The number of carbonyl (C=O) groups excluding carboxylic acids is 1. The van der Waals surface area contributed by atoms with Crippen LogP contribution in [0.2, 0.25) is 0 Å². The molecule has 0 radical (unpaired) electrons. The van der Waals surface area contributed by atoms with Crippen LogP contribution in [0.1, 0.15) is 30.1 Å². The van der Waals surface area contributed by atoms with E-state index in [1.807, 2.05) is 0 Å². The highest BCUT2D eigenvalue weighted by molar-refractivity contribution is 5.83. The van der Waals surface area contributed by atoms with Crippen molar-refractivity contribution in [2.75, 3.05) is 31.6 Å². The van der Waals surface area contributed by atoms with E-state index in [-0.39, 0.29) is 11.3 Å². The normalized spacial score (nSPS) is 20.1. The number of likely N-dealkylation sites (N-methyl/N-ethyl adjacent to an activating group) is 1. The van der Waals surface area contributed by atoms with Gasteiger partial charge in [-0.3, -0.25) is 14.9 Å². The van der Waals surface area contributed by atoms with Gasteiger partial charge in [-0.05, 0) is 38.6 Å². The molecule has 1 fully saturated rings. The maximum absolute atomic E-state index is 11.1. The Hall–Kier alpha value is -1.95. The molecule has 2 rings (SSSR count). The Morgan fingerprint density at radius 1 is 1.43 bits per heavy atom. The summed E-state index contributed by atoms with van der Waals surface area (Å²) >= 11 is 0. The molecule has 0 bridgehead atoms. The fraction of sp³-hybridized carbons (Fsp3) is 0.533. The second-order valence-corrected chi connectivity index (χ2v) is 5.49. The van der Waals surface area contributed by atoms with Gasteiger partial charge in [-0.1, -0.05) is 6.92 Å². The van der Waals surface area contributed by atoms with Gasteiger partial charge >= 0.3 is 0 Å². The average Bonchev–Trinajstić information content (AvgIpc) is 2.67. The van der Waals surface area contributed by atoms with Crippen LogP contribution in [0, 0.1) is 10.1 Å². The molecule has 1 saturated heterocycles. The van der Waals surface area contributed by atoms with E-state index in [4.69, 9.17) is 0 Å². The zero-order valence-corrected chi connectivity index (χ0v) is 12.5. The fourth-order valence-electron chi connectivity index (χ4n) is 2.91. The van der Waals surface area contributed by atoms with Gasteiger partial charge in [0.1, 0.15) is 0 Å². The van der Waals surface area contributed by atoms with Gasteiger partial charge in [0.25, 0.3) is 5.69 Å². The standard InChI is InChI=1S/C15H21N3O3/c1-3-13-10-16(2)7-4-8-17(13)14-5-6-15(18(20)21)12(9-14)11-19/h5-6,9,11,13H,3-4,7-8,10H2,1-2H3. The molecule has 114 valence electrons. The monoisotopic (exact) mass is 291 g/mol. The molecule has 0 aromatic heterocycles. The van der Waals surface area contributed by atoms with Crippen LogP contribution in [0.15, 0.2) is 18.2 Å². The van der Waals surface area contributed by atoms with Crippen LogP contribution in [0.5, 0.6) is 0 Å². The highest BCUT2D eigenvalue weighted by Crippen LogP contribution is 2.27. The largest absolute Gasteiger partial charge is 0.367 e. The van der Waals surface area contributed by atoms with Crippen molar-refractivity contribution in [2.24, 2.45) is 0 Å². The highest BCUT2D eigenvalue weighted by Gasteiger charge is 2.24. The minimum atomic E-state index is -0.513. The molecule has 1 atom stereocenters.